The molecule has 0 spiro atoms. The molecule has 3 aromatic carbocycles. The van der Waals surface area contributed by atoms with E-state index < -0.39 is 11.7 Å². The lowest BCUT2D eigenvalue weighted by Gasteiger charge is -2.19. The Balaban J connectivity index is 1.68. The van der Waals surface area contributed by atoms with Crippen molar-refractivity contribution in [3.05, 3.63) is 69.2 Å². The Bertz CT molecular complexity index is 1340. The fraction of sp³-hybridized carbons (Fsp3) is 0.240. The highest BCUT2D eigenvalue weighted by molar-refractivity contribution is 6.42. The molecule has 0 atom stereocenters. The summed E-state index contributed by atoms with van der Waals surface area (Å²) in [6, 6.07) is 15.3. The van der Waals surface area contributed by atoms with Crippen LogP contribution in [0.25, 0.3) is 21.8 Å². The number of amides is 1. The summed E-state index contributed by atoms with van der Waals surface area (Å²) in [6.07, 6.45) is 0.167. The average Bonchev–Trinajstić information content (AvgIpc) is 3.07. The van der Waals surface area contributed by atoms with E-state index in [2.05, 4.69) is 27.8 Å². The maximum absolute atomic E-state index is 12.1. The van der Waals surface area contributed by atoms with Gasteiger partial charge in [-0.05, 0) is 81.3 Å². The van der Waals surface area contributed by atoms with E-state index in [0.29, 0.717) is 28.0 Å². The minimum absolute atomic E-state index is 0.427. The van der Waals surface area contributed by atoms with Crippen molar-refractivity contribution in [1.82, 2.24) is 10.3 Å². The number of ether oxygens (including phenoxy) is 1. The van der Waals surface area contributed by atoms with Gasteiger partial charge in [-0.15, -0.1) is 0 Å². The van der Waals surface area contributed by atoms with Gasteiger partial charge in [-0.1, -0.05) is 34.8 Å². The van der Waals surface area contributed by atoms with Crippen LogP contribution in [0, 0.1) is 0 Å². The third-order valence-corrected chi connectivity index (χ3v) is 6.00. The van der Waals surface area contributed by atoms with Crippen LogP contribution in [0.3, 0.4) is 0 Å². The fourth-order valence-electron chi connectivity index (χ4n) is 3.67. The van der Waals surface area contributed by atoms with Crippen molar-refractivity contribution in [2.24, 2.45) is 0 Å². The number of alkyl carbamates (subject to hydrolysis) is 1. The molecule has 1 heterocycles. The lowest BCUT2D eigenvalue weighted by molar-refractivity contribution is 0.0528. The van der Waals surface area contributed by atoms with E-state index >= 15 is 0 Å². The number of halogens is 3. The normalized spacial score (nSPS) is 11.7. The number of rotatable bonds is 5. The maximum atomic E-state index is 12.1. The van der Waals surface area contributed by atoms with Crippen molar-refractivity contribution in [2.75, 3.05) is 11.9 Å². The minimum Gasteiger partial charge on any atom is -0.444 e. The van der Waals surface area contributed by atoms with E-state index in [1.807, 2.05) is 45.0 Å². The van der Waals surface area contributed by atoms with Gasteiger partial charge in [-0.3, -0.25) is 0 Å². The summed E-state index contributed by atoms with van der Waals surface area (Å²) in [6.45, 7) is 5.94. The Kier molecular flexibility index (Phi) is 6.66. The molecule has 5 nitrogen and oxygen atoms in total. The van der Waals surface area contributed by atoms with Crippen LogP contribution in [0.4, 0.5) is 16.2 Å². The first-order chi connectivity index (χ1) is 15.6. The van der Waals surface area contributed by atoms with Crippen LogP contribution in [0.15, 0.2) is 48.5 Å². The Morgan fingerprint density at radius 1 is 0.939 bits per heavy atom. The molecular weight excluding hydrogens is 481 g/mol. The predicted molar refractivity (Wildman–Crippen MR) is 139 cm³/mol. The van der Waals surface area contributed by atoms with Crippen molar-refractivity contribution in [3.63, 3.8) is 0 Å². The third kappa shape index (κ3) is 5.67. The van der Waals surface area contributed by atoms with Crippen LogP contribution >= 0.6 is 34.8 Å². The highest BCUT2D eigenvalue weighted by Gasteiger charge is 2.16. The number of hydrogen-bond acceptors (Lipinski definition) is 3. The molecular formula is C25H24Cl3N3O2. The number of fused-ring (bicyclic) bond motifs is 3. The molecule has 0 radical (unpaired) electrons. The largest absolute Gasteiger partial charge is 0.444 e. The van der Waals surface area contributed by atoms with Gasteiger partial charge in [0.1, 0.15) is 5.60 Å². The van der Waals surface area contributed by atoms with Crippen molar-refractivity contribution in [3.8, 4) is 0 Å². The summed E-state index contributed by atoms with van der Waals surface area (Å²) < 4.78 is 5.34. The number of nitrogens with one attached hydrogen (secondary N) is 3. The second-order valence-corrected chi connectivity index (χ2v) is 10.1. The molecule has 8 heteroatoms. The Morgan fingerprint density at radius 3 is 2.45 bits per heavy atom. The highest BCUT2D eigenvalue weighted by atomic mass is 35.5. The molecule has 0 aliphatic heterocycles. The summed E-state index contributed by atoms with van der Waals surface area (Å²) in [5.74, 6) is 0. The number of aromatic nitrogens is 1. The summed E-state index contributed by atoms with van der Waals surface area (Å²) in [4.78, 5) is 15.6. The van der Waals surface area contributed by atoms with Gasteiger partial charge in [0.05, 0.1) is 10.0 Å². The Hall–Kier alpha value is -2.60. The van der Waals surface area contributed by atoms with Crippen LogP contribution in [0.2, 0.25) is 15.1 Å². The van der Waals surface area contributed by atoms with Gasteiger partial charge in [0.25, 0.3) is 0 Å². The van der Waals surface area contributed by atoms with Crippen molar-refractivity contribution < 1.29 is 9.53 Å². The standard InChI is InChI=1S/C25H24Cl3N3O2/c1-25(2,3)33-24(32)29-9-8-14-10-17(30-16-5-6-20(27)21(28)13-16)12-19-18-11-15(26)4-7-22(18)31-23(14)19/h4-7,10-13,30-31H,8-9H2,1-3H3,(H,29,32). The molecule has 0 aliphatic carbocycles. The molecule has 172 valence electrons. The first-order valence-electron chi connectivity index (χ1n) is 10.5. The van der Waals surface area contributed by atoms with Gasteiger partial charge in [0.15, 0.2) is 0 Å². The number of benzene rings is 3. The van der Waals surface area contributed by atoms with Gasteiger partial charge < -0.3 is 20.4 Å². The monoisotopic (exact) mass is 503 g/mol. The molecule has 0 fully saturated rings. The molecule has 3 N–H and O–H groups in total. The van der Waals surface area contributed by atoms with Gasteiger partial charge in [-0.2, -0.15) is 0 Å². The third-order valence-electron chi connectivity index (χ3n) is 5.02. The SMILES string of the molecule is CC(C)(C)OC(=O)NCCc1cc(Nc2ccc(Cl)c(Cl)c2)cc2c1[nH]c1ccc(Cl)cc12. The van der Waals surface area contributed by atoms with E-state index in [0.717, 1.165) is 38.7 Å². The van der Waals surface area contributed by atoms with Crippen LogP contribution in [0.5, 0.6) is 0 Å². The fourth-order valence-corrected chi connectivity index (χ4v) is 4.14. The first-order valence-corrected chi connectivity index (χ1v) is 11.7. The van der Waals surface area contributed by atoms with Crippen LogP contribution in [0.1, 0.15) is 26.3 Å². The van der Waals surface area contributed by atoms with Crippen molar-refractivity contribution >= 4 is 74.1 Å². The second kappa shape index (κ2) is 9.34. The average molecular weight is 505 g/mol. The maximum Gasteiger partial charge on any atom is 0.407 e. The molecule has 4 rings (SSSR count). The van der Waals surface area contributed by atoms with Crippen LogP contribution in [-0.4, -0.2) is 23.2 Å². The Labute approximate surface area is 207 Å². The second-order valence-electron chi connectivity index (χ2n) is 8.81. The number of carbonyl (C=O) groups excluding carboxylic acids is 1. The van der Waals surface area contributed by atoms with Crippen molar-refractivity contribution in [1.29, 1.82) is 0 Å². The zero-order valence-corrected chi connectivity index (χ0v) is 20.8. The van der Waals surface area contributed by atoms with E-state index in [-0.39, 0.29) is 0 Å². The molecule has 1 aromatic heterocycles. The first kappa shape index (κ1) is 23.6. The molecule has 33 heavy (non-hydrogen) atoms. The predicted octanol–water partition coefficient (Wildman–Crippen LogP) is 8.09. The minimum atomic E-state index is -0.544. The molecule has 4 aromatic rings. The smallest absolute Gasteiger partial charge is 0.407 e. The molecule has 1 amide bonds. The molecule has 0 bridgehead atoms. The molecule has 0 saturated heterocycles. The summed E-state index contributed by atoms with van der Waals surface area (Å²) in [5.41, 5.74) is 4.18. The topological polar surface area (TPSA) is 66.2 Å². The number of carbonyl (C=O) groups is 1. The van der Waals surface area contributed by atoms with Gasteiger partial charge in [-0.25, -0.2) is 4.79 Å². The van der Waals surface area contributed by atoms with E-state index in [1.165, 1.54) is 0 Å². The van der Waals surface area contributed by atoms with E-state index in [1.54, 1.807) is 12.1 Å². The van der Waals surface area contributed by atoms with E-state index in [9.17, 15) is 4.79 Å². The van der Waals surface area contributed by atoms with Crippen LogP contribution in [-0.2, 0) is 11.2 Å². The molecule has 0 unspecified atom stereocenters. The Morgan fingerprint density at radius 2 is 1.73 bits per heavy atom. The molecule has 0 saturated carbocycles. The highest BCUT2D eigenvalue weighted by Crippen LogP contribution is 2.34. The van der Waals surface area contributed by atoms with E-state index in [4.69, 9.17) is 39.5 Å². The quantitative estimate of drug-likeness (QED) is 0.257. The lowest BCUT2D eigenvalue weighted by Crippen LogP contribution is -2.33. The molecule has 0 aliphatic rings. The van der Waals surface area contributed by atoms with Gasteiger partial charge in [0, 0.05) is 44.7 Å². The summed E-state index contributed by atoms with van der Waals surface area (Å²) in [7, 11) is 0. The summed E-state index contributed by atoms with van der Waals surface area (Å²) in [5, 5.41) is 9.93. The van der Waals surface area contributed by atoms with Gasteiger partial charge in [0.2, 0.25) is 0 Å². The van der Waals surface area contributed by atoms with Crippen molar-refractivity contribution in [2.45, 2.75) is 32.8 Å². The number of anilines is 2. The lowest BCUT2D eigenvalue weighted by atomic mass is 10.0. The number of aromatic amines is 1. The summed E-state index contributed by atoms with van der Waals surface area (Å²) >= 11 is 18.5. The van der Waals surface area contributed by atoms with Gasteiger partial charge >= 0.3 is 6.09 Å². The zero-order valence-electron chi connectivity index (χ0n) is 18.5. The zero-order chi connectivity index (χ0) is 23.8. The number of hydrogen-bond donors (Lipinski definition) is 3. The number of H-pyrrole nitrogens is 1. The van der Waals surface area contributed by atoms with Crippen LogP contribution < -0.4 is 10.6 Å².